The van der Waals surface area contributed by atoms with Gasteiger partial charge in [0.1, 0.15) is 11.4 Å². The first kappa shape index (κ1) is 12.0. The minimum Gasteiger partial charge on any atom is -0.367 e. The highest BCUT2D eigenvalue weighted by atomic mass is 16.1. The standard InChI is InChI=1S/C13H17N5O/c14-12(19)10-8-15-18-7-6-11(17-13(10)18)16-9-4-2-1-3-5-9/h6-9H,1-5H2,(H2,14,19)(H,16,17). The van der Waals surface area contributed by atoms with Crippen LogP contribution in [0.25, 0.3) is 5.65 Å². The van der Waals surface area contributed by atoms with Crippen LogP contribution in [-0.2, 0) is 0 Å². The Labute approximate surface area is 111 Å². The molecule has 2 aromatic rings. The minimum atomic E-state index is -0.502. The maximum Gasteiger partial charge on any atom is 0.254 e. The maximum absolute atomic E-state index is 11.3. The van der Waals surface area contributed by atoms with Crippen molar-refractivity contribution in [2.45, 2.75) is 38.1 Å². The average Bonchev–Trinajstić information content (AvgIpc) is 2.83. The van der Waals surface area contributed by atoms with Gasteiger partial charge >= 0.3 is 0 Å². The molecule has 1 saturated carbocycles. The second kappa shape index (κ2) is 4.87. The maximum atomic E-state index is 11.3. The molecule has 0 bridgehead atoms. The second-order valence-electron chi connectivity index (χ2n) is 4.98. The summed E-state index contributed by atoms with van der Waals surface area (Å²) in [6.07, 6.45) is 9.44. The van der Waals surface area contributed by atoms with Crippen LogP contribution in [-0.4, -0.2) is 26.5 Å². The van der Waals surface area contributed by atoms with E-state index in [4.69, 9.17) is 5.73 Å². The number of nitrogens with two attached hydrogens (primary N) is 1. The van der Waals surface area contributed by atoms with Crippen LogP contribution in [0.4, 0.5) is 5.82 Å². The summed E-state index contributed by atoms with van der Waals surface area (Å²) in [5, 5.41) is 7.48. The Morgan fingerprint density at radius 1 is 1.37 bits per heavy atom. The van der Waals surface area contributed by atoms with Crippen LogP contribution >= 0.6 is 0 Å². The first-order valence-electron chi connectivity index (χ1n) is 6.65. The third-order valence-electron chi connectivity index (χ3n) is 3.59. The van der Waals surface area contributed by atoms with E-state index in [9.17, 15) is 4.79 Å². The van der Waals surface area contributed by atoms with Crippen LogP contribution in [0.15, 0.2) is 18.5 Å². The predicted octanol–water partition coefficient (Wildman–Crippen LogP) is 1.57. The van der Waals surface area contributed by atoms with Crippen LogP contribution < -0.4 is 11.1 Å². The summed E-state index contributed by atoms with van der Waals surface area (Å²) in [5.74, 6) is 0.278. The van der Waals surface area contributed by atoms with Gasteiger partial charge in [-0.25, -0.2) is 9.50 Å². The van der Waals surface area contributed by atoms with E-state index >= 15 is 0 Å². The number of aromatic nitrogens is 3. The van der Waals surface area contributed by atoms with Crippen molar-refractivity contribution in [3.05, 3.63) is 24.0 Å². The quantitative estimate of drug-likeness (QED) is 0.876. The van der Waals surface area contributed by atoms with Gasteiger partial charge in [-0.05, 0) is 18.9 Å². The Balaban J connectivity index is 1.87. The highest BCUT2D eigenvalue weighted by molar-refractivity contribution is 5.98. The van der Waals surface area contributed by atoms with Gasteiger partial charge in [0, 0.05) is 12.2 Å². The van der Waals surface area contributed by atoms with Crippen LogP contribution in [0, 0.1) is 0 Å². The first-order chi connectivity index (χ1) is 9.24. The van der Waals surface area contributed by atoms with E-state index in [0.29, 0.717) is 17.3 Å². The highest BCUT2D eigenvalue weighted by Gasteiger charge is 2.15. The van der Waals surface area contributed by atoms with Gasteiger partial charge in [-0.2, -0.15) is 5.10 Å². The zero-order chi connectivity index (χ0) is 13.2. The molecule has 0 spiro atoms. The molecule has 1 aliphatic rings. The molecule has 0 saturated heterocycles. The molecular weight excluding hydrogens is 242 g/mol. The second-order valence-corrected chi connectivity index (χ2v) is 4.98. The predicted molar refractivity (Wildman–Crippen MR) is 72.0 cm³/mol. The third kappa shape index (κ3) is 2.38. The Morgan fingerprint density at radius 2 is 2.16 bits per heavy atom. The van der Waals surface area contributed by atoms with E-state index < -0.39 is 5.91 Å². The zero-order valence-corrected chi connectivity index (χ0v) is 10.7. The van der Waals surface area contributed by atoms with E-state index in [-0.39, 0.29) is 0 Å². The van der Waals surface area contributed by atoms with Crippen molar-refractivity contribution >= 4 is 17.4 Å². The lowest BCUT2D eigenvalue weighted by atomic mass is 9.95. The van der Waals surface area contributed by atoms with Crippen molar-refractivity contribution in [1.82, 2.24) is 14.6 Å². The Bertz CT molecular complexity index is 600. The minimum absolute atomic E-state index is 0.354. The molecule has 3 rings (SSSR count). The number of nitrogens with one attached hydrogen (secondary N) is 1. The number of carbonyl (C=O) groups is 1. The van der Waals surface area contributed by atoms with Gasteiger partial charge in [-0.3, -0.25) is 4.79 Å². The number of anilines is 1. The Hall–Kier alpha value is -2.11. The average molecular weight is 259 g/mol. The molecular formula is C13H17N5O. The van der Waals surface area contributed by atoms with E-state index in [0.717, 1.165) is 5.82 Å². The van der Waals surface area contributed by atoms with Gasteiger partial charge in [0.15, 0.2) is 5.65 Å². The lowest BCUT2D eigenvalue weighted by Crippen LogP contribution is -2.23. The molecule has 1 fully saturated rings. The molecule has 2 aromatic heterocycles. The highest BCUT2D eigenvalue weighted by Crippen LogP contribution is 2.21. The smallest absolute Gasteiger partial charge is 0.254 e. The molecule has 100 valence electrons. The van der Waals surface area contributed by atoms with Gasteiger partial charge < -0.3 is 11.1 Å². The van der Waals surface area contributed by atoms with E-state index in [1.54, 1.807) is 10.7 Å². The number of rotatable bonds is 3. The number of nitrogens with zero attached hydrogens (tertiary/aromatic N) is 3. The van der Waals surface area contributed by atoms with E-state index in [2.05, 4.69) is 15.4 Å². The molecule has 0 radical (unpaired) electrons. The number of hydrogen-bond acceptors (Lipinski definition) is 4. The lowest BCUT2D eigenvalue weighted by molar-refractivity contribution is 0.100. The van der Waals surface area contributed by atoms with Crippen molar-refractivity contribution in [2.24, 2.45) is 5.73 Å². The molecule has 0 aromatic carbocycles. The fourth-order valence-corrected chi connectivity index (χ4v) is 2.58. The number of carbonyl (C=O) groups excluding carboxylic acids is 1. The van der Waals surface area contributed by atoms with Crippen LogP contribution in [0.1, 0.15) is 42.5 Å². The molecule has 6 heteroatoms. The van der Waals surface area contributed by atoms with Gasteiger partial charge in [0.25, 0.3) is 5.91 Å². The number of amides is 1. The van der Waals surface area contributed by atoms with Crippen LogP contribution in [0.5, 0.6) is 0 Å². The fraction of sp³-hybridized carbons (Fsp3) is 0.462. The molecule has 2 heterocycles. The van der Waals surface area contributed by atoms with Gasteiger partial charge in [0.2, 0.25) is 0 Å². The molecule has 0 unspecified atom stereocenters. The summed E-state index contributed by atoms with van der Waals surface area (Å²) in [6, 6.07) is 2.35. The summed E-state index contributed by atoms with van der Waals surface area (Å²) in [7, 11) is 0. The van der Waals surface area contributed by atoms with Gasteiger partial charge in [-0.1, -0.05) is 19.3 Å². The lowest BCUT2D eigenvalue weighted by Gasteiger charge is -2.23. The van der Waals surface area contributed by atoms with E-state index in [1.165, 1.54) is 38.3 Å². The number of primary amides is 1. The molecule has 0 aliphatic heterocycles. The van der Waals surface area contributed by atoms with Gasteiger partial charge in [-0.15, -0.1) is 0 Å². The molecule has 1 aliphatic carbocycles. The fourth-order valence-electron chi connectivity index (χ4n) is 2.58. The van der Waals surface area contributed by atoms with E-state index in [1.807, 2.05) is 6.07 Å². The third-order valence-corrected chi connectivity index (χ3v) is 3.59. The molecule has 1 amide bonds. The van der Waals surface area contributed by atoms with Crippen LogP contribution in [0.3, 0.4) is 0 Å². The first-order valence-corrected chi connectivity index (χ1v) is 6.65. The monoisotopic (exact) mass is 259 g/mol. The zero-order valence-electron chi connectivity index (χ0n) is 10.7. The van der Waals surface area contributed by atoms with Crippen molar-refractivity contribution in [1.29, 1.82) is 0 Å². The number of fused-ring (bicyclic) bond motifs is 1. The Kier molecular flexibility index (Phi) is 3.06. The summed E-state index contributed by atoms with van der Waals surface area (Å²) in [4.78, 5) is 15.7. The van der Waals surface area contributed by atoms with Crippen molar-refractivity contribution in [3.63, 3.8) is 0 Å². The summed E-state index contributed by atoms with van der Waals surface area (Å²) in [6.45, 7) is 0. The van der Waals surface area contributed by atoms with Crippen molar-refractivity contribution in [2.75, 3.05) is 5.32 Å². The number of hydrogen-bond donors (Lipinski definition) is 2. The molecule has 3 N–H and O–H groups in total. The Morgan fingerprint density at radius 3 is 2.89 bits per heavy atom. The summed E-state index contributed by atoms with van der Waals surface area (Å²) in [5.41, 5.74) is 6.17. The summed E-state index contributed by atoms with van der Waals surface area (Å²) >= 11 is 0. The topological polar surface area (TPSA) is 85.3 Å². The molecule has 19 heavy (non-hydrogen) atoms. The molecule has 6 nitrogen and oxygen atoms in total. The van der Waals surface area contributed by atoms with Crippen molar-refractivity contribution < 1.29 is 4.79 Å². The van der Waals surface area contributed by atoms with Crippen LogP contribution in [0.2, 0.25) is 0 Å². The largest absolute Gasteiger partial charge is 0.367 e. The SMILES string of the molecule is NC(=O)c1cnn2ccc(NC3CCCCC3)nc12. The molecule has 0 atom stereocenters. The van der Waals surface area contributed by atoms with Crippen molar-refractivity contribution in [3.8, 4) is 0 Å². The van der Waals surface area contributed by atoms with Gasteiger partial charge in [0.05, 0.1) is 6.20 Å². The summed E-state index contributed by atoms with van der Waals surface area (Å²) < 4.78 is 1.56. The normalized spacial score (nSPS) is 16.6.